The minimum Gasteiger partial charge on any atom is -0.383 e. The van der Waals surface area contributed by atoms with Gasteiger partial charge < -0.3 is 9.64 Å². The summed E-state index contributed by atoms with van der Waals surface area (Å²) in [4.78, 5) is 15.6. The molecule has 1 heterocycles. The minimum absolute atomic E-state index is 0.139. The molecule has 0 aromatic heterocycles. The number of hydrogen-bond donors (Lipinski definition) is 1. The van der Waals surface area contributed by atoms with E-state index < -0.39 is 0 Å². The van der Waals surface area contributed by atoms with Gasteiger partial charge in [-0.15, -0.1) is 0 Å². The molecule has 1 saturated heterocycles. The molecule has 0 N–H and O–H groups in total. The Bertz CT molecular complexity index is 495. The van der Waals surface area contributed by atoms with Crippen LogP contribution in [-0.2, 0) is 4.74 Å². The zero-order chi connectivity index (χ0) is 15.4. The highest BCUT2D eigenvalue weighted by molar-refractivity contribution is 7.96. The lowest BCUT2D eigenvalue weighted by Crippen LogP contribution is -2.54. The number of hydrogen-bond acceptors (Lipinski definition) is 3. The first-order valence-corrected chi connectivity index (χ1v) is 7.76. The lowest BCUT2D eigenvalue weighted by atomic mass is 10.0. The first-order chi connectivity index (χ1) is 10.0. The predicted octanol–water partition coefficient (Wildman–Crippen LogP) is 2.74. The van der Waals surface area contributed by atoms with E-state index in [-0.39, 0.29) is 17.3 Å². The van der Waals surface area contributed by atoms with Crippen molar-refractivity contribution in [2.75, 3.05) is 33.4 Å². The minimum atomic E-state index is -0.139. The standard InChI is InChI=1S/C16H24N2O2S/c1-12-5-4-6-14(9-12)15(11-20-3)18-8-7-17(16(19)21)10-13(18)2/h4-6,9,13,15H,7-8,10-11H2,1-3H3,(H,19,21)/t13-,15-/m0/s1. The molecule has 0 aliphatic carbocycles. The van der Waals surface area contributed by atoms with Crippen molar-refractivity contribution in [2.45, 2.75) is 25.9 Å². The number of aryl methyl sites for hydroxylation is 1. The number of methoxy groups -OCH3 is 1. The molecule has 0 bridgehead atoms. The first kappa shape index (κ1) is 16.3. The van der Waals surface area contributed by atoms with E-state index >= 15 is 0 Å². The first-order valence-electron chi connectivity index (χ1n) is 7.32. The molecule has 0 spiro atoms. The number of carbonyl (C=O) groups is 1. The monoisotopic (exact) mass is 308 g/mol. The summed E-state index contributed by atoms with van der Waals surface area (Å²) in [5, 5.41) is -0.139. The van der Waals surface area contributed by atoms with Gasteiger partial charge in [-0.1, -0.05) is 42.5 Å². The zero-order valence-corrected chi connectivity index (χ0v) is 13.8. The van der Waals surface area contributed by atoms with Gasteiger partial charge in [0.2, 0.25) is 0 Å². The number of ether oxygens (including phenoxy) is 1. The lowest BCUT2D eigenvalue weighted by molar-refractivity contribution is 0.0280. The Morgan fingerprint density at radius 3 is 2.81 bits per heavy atom. The maximum absolute atomic E-state index is 11.4. The van der Waals surface area contributed by atoms with Crippen molar-refractivity contribution in [3.05, 3.63) is 35.4 Å². The Morgan fingerprint density at radius 2 is 2.24 bits per heavy atom. The molecule has 0 unspecified atom stereocenters. The van der Waals surface area contributed by atoms with Crippen LogP contribution >= 0.6 is 12.6 Å². The second-order valence-electron chi connectivity index (χ2n) is 5.70. The number of benzene rings is 1. The van der Waals surface area contributed by atoms with Crippen molar-refractivity contribution < 1.29 is 9.53 Å². The molecule has 5 heteroatoms. The van der Waals surface area contributed by atoms with Gasteiger partial charge in [0.1, 0.15) is 0 Å². The van der Waals surface area contributed by atoms with Crippen LogP contribution in [0.2, 0.25) is 0 Å². The number of amides is 1. The van der Waals surface area contributed by atoms with Crippen LogP contribution in [0, 0.1) is 6.92 Å². The van der Waals surface area contributed by atoms with Gasteiger partial charge in [-0.3, -0.25) is 9.69 Å². The van der Waals surface area contributed by atoms with Crippen LogP contribution in [0.4, 0.5) is 4.79 Å². The highest BCUT2D eigenvalue weighted by Crippen LogP contribution is 2.26. The van der Waals surface area contributed by atoms with Crippen LogP contribution in [0.1, 0.15) is 24.1 Å². The molecule has 1 aliphatic heterocycles. The fraction of sp³-hybridized carbons (Fsp3) is 0.562. The Hall–Kier alpha value is -1.04. The highest BCUT2D eigenvalue weighted by Gasteiger charge is 2.31. The summed E-state index contributed by atoms with van der Waals surface area (Å²) in [5.74, 6) is 0. The number of thiol groups is 1. The number of rotatable bonds is 4. The van der Waals surface area contributed by atoms with Gasteiger partial charge in [0.05, 0.1) is 12.6 Å². The number of carbonyl (C=O) groups excluding carboxylic acids is 1. The van der Waals surface area contributed by atoms with Crippen molar-refractivity contribution in [3.63, 3.8) is 0 Å². The number of piperazine rings is 1. The zero-order valence-electron chi connectivity index (χ0n) is 13.0. The van der Waals surface area contributed by atoms with Crippen LogP contribution in [0.15, 0.2) is 24.3 Å². The van der Waals surface area contributed by atoms with Crippen molar-refractivity contribution in [2.24, 2.45) is 0 Å². The average molecular weight is 308 g/mol. The van der Waals surface area contributed by atoms with Gasteiger partial charge in [-0.25, -0.2) is 0 Å². The van der Waals surface area contributed by atoms with Crippen LogP contribution < -0.4 is 0 Å². The molecule has 1 aromatic rings. The second-order valence-corrected chi connectivity index (χ2v) is 6.08. The molecule has 1 fully saturated rings. The summed E-state index contributed by atoms with van der Waals surface area (Å²) < 4.78 is 5.44. The van der Waals surface area contributed by atoms with Gasteiger partial charge in [-0.2, -0.15) is 0 Å². The fourth-order valence-electron chi connectivity index (χ4n) is 3.03. The van der Waals surface area contributed by atoms with E-state index in [4.69, 9.17) is 4.74 Å². The largest absolute Gasteiger partial charge is 0.383 e. The Balaban J connectivity index is 2.17. The summed E-state index contributed by atoms with van der Waals surface area (Å²) in [5.41, 5.74) is 2.53. The molecule has 1 aromatic carbocycles. The maximum Gasteiger partial charge on any atom is 0.278 e. The SMILES string of the molecule is COC[C@@H](c1cccc(C)c1)N1CCN(C(=O)S)C[C@@H]1C. The van der Waals surface area contributed by atoms with E-state index in [0.717, 1.165) is 13.1 Å². The van der Waals surface area contributed by atoms with Crippen LogP contribution in [0.25, 0.3) is 0 Å². The highest BCUT2D eigenvalue weighted by atomic mass is 32.1. The predicted molar refractivity (Wildman–Crippen MR) is 87.9 cm³/mol. The van der Waals surface area contributed by atoms with E-state index in [1.165, 1.54) is 11.1 Å². The summed E-state index contributed by atoms with van der Waals surface area (Å²) in [6.07, 6.45) is 0. The summed E-state index contributed by atoms with van der Waals surface area (Å²) in [6, 6.07) is 9.07. The molecule has 0 radical (unpaired) electrons. The van der Waals surface area contributed by atoms with E-state index in [1.54, 1.807) is 12.0 Å². The van der Waals surface area contributed by atoms with Crippen LogP contribution in [0.3, 0.4) is 0 Å². The quantitative estimate of drug-likeness (QED) is 0.868. The third-order valence-electron chi connectivity index (χ3n) is 4.10. The average Bonchev–Trinajstić information content (AvgIpc) is 2.45. The van der Waals surface area contributed by atoms with E-state index in [2.05, 4.69) is 55.6 Å². The molecule has 1 aliphatic rings. The molecular formula is C16H24N2O2S. The molecule has 4 nitrogen and oxygen atoms in total. The van der Waals surface area contributed by atoms with Crippen molar-refractivity contribution in [1.82, 2.24) is 9.80 Å². The third-order valence-corrected chi connectivity index (χ3v) is 4.38. The smallest absolute Gasteiger partial charge is 0.278 e. The van der Waals surface area contributed by atoms with Gasteiger partial charge >= 0.3 is 0 Å². The van der Waals surface area contributed by atoms with E-state index in [9.17, 15) is 4.79 Å². The summed E-state index contributed by atoms with van der Waals surface area (Å²) in [7, 11) is 1.74. The van der Waals surface area contributed by atoms with E-state index in [1.807, 2.05) is 0 Å². The van der Waals surface area contributed by atoms with Crippen molar-refractivity contribution >= 4 is 17.9 Å². The summed E-state index contributed by atoms with van der Waals surface area (Å²) in [6.45, 7) is 7.20. The van der Waals surface area contributed by atoms with Gasteiger partial charge in [0.25, 0.3) is 5.24 Å². The normalized spacial score (nSPS) is 21.3. The molecule has 21 heavy (non-hydrogen) atoms. The van der Waals surface area contributed by atoms with E-state index in [0.29, 0.717) is 13.2 Å². The fourth-order valence-corrected chi connectivity index (χ4v) is 3.21. The Labute approximate surface area is 132 Å². The van der Waals surface area contributed by atoms with Gasteiger partial charge in [0, 0.05) is 32.8 Å². The van der Waals surface area contributed by atoms with Crippen molar-refractivity contribution in [3.8, 4) is 0 Å². The van der Waals surface area contributed by atoms with Crippen molar-refractivity contribution in [1.29, 1.82) is 0 Å². The second kappa shape index (κ2) is 7.29. The lowest BCUT2D eigenvalue weighted by Gasteiger charge is -2.43. The van der Waals surface area contributed by atoms with Crippen LogP contribution in [0.5, 0.6) is 0 Å². The van der Waals surface area contributed by atoms with Crippen LogP contribution in [-0.4, -0.2) is 54.4 Å². The maximum atomic E-state index is 11.4. The Kier molecular flexibility index (Phi) is 5.67. The molecule has 0 saturated carbocycles. The Morgan fingerprint density at radius 1 is 1.48 bits per heavy atom. The van der Waals surface area contributed by atoms with Gasteiger partial charge in [0.15, 0.2) is 0 Å². The molecule has 116 valence electrons. The molecule has 2 atom stereocenters. The third kappa shape index (κ3) is 3.99. The molecule has 2 rings (SSSR count). The molecular weight excluding hydrogens is 284 g/mol. The summed E-state index contributed by atoms with van der Waals surface area (Å²) >= 11 is 3.93. The van der Waals surface area contributed by atoms with Gasteiger partial charge in [-0.05, 0) is 19.4 Å². The molecule has 1 amide bonds. The number of nitrogens with zero attached hydrogens (tertiary/aromatic N) is 2. The topological polar surface area (TPSA) is 32.8 Å².